The number of aryl methyl sites for hydroxylation is 1. The van der Waals surface area contributed by atoms with Crippen molar-refractivity contribution in [2.24, 2.45) is 0 Å². The van der Waals surface area contributed by atoms with Crippen molar-refractivity contribution < 1.29 is 4.74 Å². The first kappa shape index (κ1) is 15.1. The second-order valence-corrected chi connectivity index (χ2v) is 6.86. The summed E-state index contributed by atoms with van der Waals surface area (Å²) in [6.45, 7) is 15.7. The van der Waals surface area contributed by atoms with Gasteiger partial charge in [0.2, 0.25) is 0 Å². The largest absolute Gasteiger partial charge is 0.496 e. The van der Waals surface area contributed by atoms with Crippen LogP contribution in [-0.2, 0) is 10.8 Å². The van der Waals surface area contributed by atoms with Gasteiger partial charge in [-0.3, -0.25) is 0 Å². The predicted octanol–water partition coefficient (Wildman–Crippen LogP) is 4.99. The Morgan fingerprint density at radius 2 is 1.61 bits per heavy atom. The van der Waals surface area contributed by atoms with Crippen molar-refractivity contribution in [2.45, 2.75) is 65.7 Å². The summed E-state index contributed by atoms with van der Waals surface area (Å²) < 4.78 is 5.63. The molecule has 1 nitrogen and oxygen atoms in total. The van der Waals surface area contributed by atoms with Crippen molar-refractivity contribution in [1.29, 1.82) is 0 Å². The molecule has 0 spiro atoms. The fraction of sp³-hybridized carbons (Fsp3) is 0.647. The normalized spacial score (nSPS) is 12.7. The van der Waals surface area contributed by atoms with Crippen molar-refractivity contribution in [2.75, 3.05) is 7.11 Å². The summed E-state index contributed by atoms with van der Waals surface area (Å²) in [6, 6.07) is 4.59. The topological polar surface area (TPSA) is 9.23 Å². The quantitative estimate of drug-likeness (QED) is 0.732. The second kappa shape index (κ2) is 4.95. The molecular weight excluding hydrogens is 220 g/mol. The van der Waals surface area contributed by atoms with E-state index in [-0.39, 0.29) is 10.8 Å². The molecule has 0 aliphatic rings. The van der Waals surface area contributed by atoms with Crippen LogP contribution in [0, 0.1) is 6.92 Å². The van der Waals surface area contributed by atoms with Crippen LogP contribution in [0.5, 0.6) is 5.75 Å². The highest BCUT2D eigenvalue weighted by Crippen LogP contribution is 2.39. The lowest BCUT2D eigenvalue weighted by molar-refractivity contribution is 0.385. The molecule has 0 heterocycles. The molecule has 0 bridgehead atoms. The van der Waals surface area contributed by atoms with Crippen molar-refractivity contribution in [3.63, 3.8) is 0 Å². The van der Waals surface area contributed by atoms with Gasteiger partial charge in [-0.2, -0.15) is 0 Å². The highest BCUT2D eigenvalue weighted by molar-refractivity contribution is 5.49. The first-order valence-electron chi connectivity index (χ1n) is 6.83. The van der Waals surface area contributed by atoms with E-state index in [0.717, 1.165) is 12.2 Å². The Morgan fingerprint density at radius 1 is 1.06 bits per heavy atom. The lowest BCUT2D eigenvalue weighted by Gasteiger charge is -2.30. The predicted molar refractivity (Wildman–Crippen MR) is 79.7 cm³/mol. The number of methoxy groups -OCH3 is 1. The van der Waals surface area contributed by atoms with Crippen LogP contribution < -0.4 is 4.74 Å². The van der Waals surface area contributed by atoms with Crippen LogP contribution in [0.2, 0.25) is 0 Å². The van der Waals surface area contributed by atoms with Crippen LogP contribution >= 0.6 is 0 Å². The standard InChI is InChI=1S/C17H28O/c1-9-17(6,7)14-11-13(16(3,4)5)10-12(2)15(14)18-8/h10-11H,9H2,1-8H3. The molecule has 1 aromatic rings. The van der Waals surface area contributed by atoms with Gasteiger partial charge in [0.1, 0.15) is 5.75 Å². The summed E-state index contributed by atoms with van der Waals surface area (Å²) in [5, 5.41) is 0. The molecule has 0 fully saturated rings. The molecule has 1 heteroatoms. The van der Waals surface area contributed by atoms with E-state index in [1.165, 1.54) is 16.7 Å². The van der Waals surface area contributed by atoms with Gasteiger partial charge >= 0.3 is 0 Å². The molecule has 0 atom stereocenters. The van der Waals surface area contributed by atoms with Gasteiger partial charge in [0.25, 0.3) is 0 Å². The van der Waals surface area contributed by atoms with E-state index in [1.807, 2.05) is 0 Å². The van der Waals surface area contributed by atoms with Crippen molar-refractivity contribution in [1.82, 2.24) is 0 Å². The number of hydrogen-bond donors (Lipinski definition) is 0. The van der Waals surface area contributed by atoms with Crippen LogP contribution in [0.4, 0.5) is 0 Å². The smallest absolute Gasteiger partial charge is 0.125 e. The summed E-state index contributed by atoms with van der Waals surface area (Å²) in [6.07, 6.45) is 1.11. The summed E-state index contributed by atoms with van der Waals surface area (Å²) in [7, 11) is 1.77. The number of rotatable bonds is 3. The zero-order chi connectivity index (χ0) is 14.1. The molecule has 0 aliphatic carbocycles. The van der Waals surface area contributed by atoms with Gasteiger partial charge in [-0.05, 0) is 35.3 Å². The lowest BCUT2D eigenvalue weighted by atomic mass is 9.77. The Bertz CT molecular complexity index is 422. The van der Waals surface area contributed by atoms with Crippen LogP contribution in [0.25, 0.3) is 0 Å². The lowest BCUT2D eigenvalue weighted by Crippen LogP contribution is -2.20. The van der Waals surface area contributed by atoms with Gasteiger partial charge in [0, 0.05) is 5.56 Å². The monoisotopic (exact) mass is 248 g/mol. The average molecular weight is 248 g/mol. The second-order valence-electron chi connectivity index (χ2n) is 6.86. The molecule has 0 saturated heterocycles. The van der Waals surface area contributed by atoms with Gasteiger partial charge in [0.15, 0.2) is 0 Å². The first-order valence-corrected chi connectivity index (χ1v) is 6.83. The van der Waals surface area contributed by atoms with E-state index in [0.29, 0.717) is 0 Å². The number of ether oxygens (including phenoxy) is 1. The SMILES string of the molecule is CCC(C)(C)c1cc(C(C)(C)C)cc(C)c1OC. The molecule has 0 aromatic heterocycles. The third-order valence-electron chi connectivity index (χ3n) is 3.96. The number of benzene rings is 1. The molecule has 1 aromatic carbocycles. The molecular formula is C17H28O. The van der Waals surface area contributed by atoms with E-state index in [9.17, 15) is 0 Å². The zero-order valence-corrected chi connectivity index (χ0v) is 13.3. The minimum Gasteiger partial charge on any atom is -0.496 e. The summed E-state index contributed by atoms with van der Waals surface area (Å²) >= 11 is 0. The minimum absolute atomic E-state index is 0.150. The Balaban J connectivity index is 3.52. The Hall–Kier alpha value is -0.980. The number of hydrogen-bond acceptors (Lipinski definition) is 1. The molecule has 0 N–H and O–H groups in total. The highest BCUT2D eigenvalue weighted by Gasteiger charge is 2.26. The fourth-order valence-electron chi connectivity index (χ4n) is 2.17. The maximum atomic E-state index is 5.63. The van der Waals surface area contributed by atoms with Crippen LogP contribution in [-0.4, -0.2) is 7.11 Å². The molecule has 1 rings (SSSR count). The third kappa shape index (κ3) is 2.88. The van der Waals surface area contributed by atoms with Gasteiger partial charge in [-0.15, -0.1) is 0 Å². The van der Waals surface area contributed by atoms with Crippen LogP contribution in [0.3, 0.4) is 0 Å². The highest BCUT2D eigenvalue weighted by atomic mass is 16.5. The van der Waals surface area contributed by atoms with Crippen molar-refractivity contribution in [3.8, 4) is 5.75 Å². The molecule has 0 radical (unpaired) electrons. The van der Waals surface area contributed by atoms with E-state index >= 15 is 0 Å². The van der Waals surface area contributed by atoms with Crippen molar-refractivity contribution >= 4 is 0 Å². The van der Waals surface area contributed by atoms with Crippen LogP contribution in [0.15, 0.2) is 12.1 Å². The Morgan fingerprint density at radius 3 is 2.00 bits per heavy atom. The Labute approximate surface area is 113 Å². The molecule has 18 heavy (non-hydrogen) atoms. The Kier molecular flexibility index (Phi) is 4.15. The fourth-order valence-corrected chi connectivity index (χ4v) is 2.17. The maximum absolute atomic E-state index is 5.63. The van der Waals surface area contributed by atoms with Gasteiger partial charge in [-0.25, -0.2) is 0 Å². The van der Waals surface area contributed by atoms with E-state index < -0.39 is 0 Å². The molecule has 102 valence electrons. The summed E-state index contributed by atoms with van der Waals surface area (Å²) in [5.41, 5.74) is 4.28. The van der Waals surface area contributed by atoms with E-state index in [4.69, 9.17) is 4.74 Å². The summed E-state index contributed by atoms with van der Waals surface area (Å²) in [4.78, 5) is 0. The minimum atomic E-state index is 0.150. The van der Waals surface area contributed by atoms with E-state index in [1.54, 1.807) is 7.11 Å². The molecule has 0 saturated carbocycles. The maximum Gasteiger partial charge on any atom is 0.125 e. The van der Waals surface area contributed by atoms with Crippen LogP contribution in [0.1, 0.15) is 64.7 Å². The average Bonchev–Trinajstić information content (AvgIpc) is 2.26. The van der Waals surface area contributed by atoms with E-state index in [2.05, 4.69) is 60.6 Å². The molecule has 0 unspecified atom stereocenters. The van der Waals surface area contributed by atoms with Gasteiger partial charge < -0.3 is 4.74 Å². The molecule has 0 amide bonds. The van der Waals surface area contributed by atoms with Gasteiger partial charge in [0.05, 0.1) is 7.11 Å². The first-order chi connectivity index (χ1) is 8.13. The zero-order valence-electron chi connectivity index (χ0n) is 13.3. The molecule has 0 aliphatic heterocycles. The summed E-state index contributed by atoms with van der Waals surface area (Å²) in [5.74, 6) is 1.05. The third-order valence-corrected chi connectivity index (χ3v) is 3.96. The van der Waals surface area contributed by atoms with Gasteiger partial charge in [-0.1, -0.05) is 53.7 Å². The van der Waals surface area contributed by atoms with Crippen molar-refractivity contribution in [3.05, 3.63) is 28.8 Å².